The van der Waals surface area contributed by atoms with E-state index in [0.717, 1.165) is 48.3 Å². The molecule has 3 aromatic rings. The van der Waals surface area contributed by atoms with Crippen molar-refractivity contribution in [2.24, 2.45) is 11.8 Å². The average molecular weight is 547 g/mol. The zero-order chi connectivity index (χ0) is 28.4. The Morgan fingerprint density at radius 2 is 1.75 bits per heavy atom. The third-order valence-electron chi connectivity index (χ3n) is 8.48. The molecule has 2 amide bonds. The van der Waals surface area contributed by atoms with Crippen molar-refractivity contribution in [3.05, 3.63) is 59.8 Å². The summed E-state index contributed by atoms with van der Waals surface area (Å²) in [6.45, 7) is 10.9. The van der Waals surface area contributed by atoms with Crippen molar-refractivity contribution >= 4 is 22.7 Å². The fourth-order valence-corrected chi connectivity index (χ4v) is 6.53. The Labute approximate surface area is 237 Å². The number of nitrogens with one attached hydrogen (secondary N) is 1. The van der Waals surface area contributed by atoms with Crippen molar-refractivity contribution in [2.75, 3.05) is 40.4 Å². The smallest absolute Gasteiger partial charge is 0.271 e. The van der Waals surface area contributed by atoms with Gasteiger partial charge in [0.15, 0.2) is 0 Å². The van der Waals surface area contributed by atoms with E-state index in [1.807, 2.05) is 60.0 Å². The van der Waals surface area contributed by atoms with Gasteiger partial charge in [0.2, 0.25) is 5.91 Å². The van der Waals surface area contributed by atoms with Crippen molar-refractivity contribution in [1.29, 1.82) is 0 Å². The Bertz CT molecular complexity index is 1370. The zero-order valence-corrected chi connectivity index (χ0v) is 24.4. The maximum absolute atomic E-state index is 14.1. The summed E-state index contributed by atoms with van der Waals surface area (Å²) in [7, 11) is 3.26. The van der Waals surface area contributed by atoms with Gasteiger partial charge in [-0.3, -0.25) is 9.59 Å². The van der Waals surface area contributed by atoms with E-state index >= 15 is 0 Å². The minimum absolute atomic E-state index is 0.139. The van der Waals surface area contributed by atoms with Crippen LogP contribution in [0.15, 0.2) is 48.5 Å². The third kappa shape index (κ3) is 5.55. The molecule has 1 N–H and O–H groups in total. The summed E-state index contributed by atoms with van der Waals surface area (Å²) in [5.74, 6) is 2.54. The lowest BCUT2D eigenvalue weighted by Gasteiger charge is -2.44. The molecule has 8 heteroatoms. The second kappa shape index (κ2) is 11.5. The second-order valence-electron chi connectivity index (χ2n) is 11.9. The summed E-state index contributed by atoms with van der Waals surface area (Å²) in [6, 6.07) is 15.4. The molecule has 0 radical (unpaired) electrons. The van der Waals surface area contributed by atoms with E-state index < -0.39 is 5.54 Å². The molecule has 0 unspecified atom stereocenters. The van der Waals surface area contributed by atoms with Crippen molar-refractivity contribution in [2.45, 2.75) is 52.2 Å². The predicted molar refractivity (Wildman–Crippen MR) is 157 cm³/mol. The fraction of sp³-hybridized carbons (Fsp3) is 0.500. The highest BCUT2D eigenvalue weighted by Gasteiger charge is 2.47. The largest absolute Gasteiger partial charge is 0.497 e. The summed E-state index contributed by atoms with van der Waals surface area (Å²) < 4.78 is 12.8. The number of piperidine rings is 1. The van der Waals surface area contributed by atoms with Gasteiger partial charge in [-0.2, -0.15) is 0 Å². The van der Waals surface area contributed by atoms with E-state index in [9.17, 15) is 9.59 Å². The molecular formula is C32H42N4O4. The van der Waals surface area contributed by atoms with Gasteiger partial charge < -0.3 is 29.2 Å². The summed E-state index contributed by atoms with van der Waals surface area (Å²) >= 11 is 0. The average Bonchev–Trinajstić information content (AvgIpc) is 3.30. The van der Waals surface area contributed by atoms with Crippen LogP contribution < -0.4 is 14.8 Å². The normalized spacial score (nSPS) is 23.2. The quantitative estimate of drug-likeness (QED) is 0.399. The van der Waals surface area contributed by atoms with Crippen LogP contribution in [0.2, 0.25) is 0 Å². The highest BCUT2D eigenvalue weighted by Crippen LogP contribution is 2.35. The van der Waals surface area contributed by atoms with E-state index in [1.165, 1.54) is 6.42 Å². The Morgan fingerprint density at radius 1 is 1.02 bits per heavy atom. The lowest BCUT2D eigenvalue weighted by Crippen LogP contribution is -2.63. The number of benzene rings is 2. The second-order valence-corrected chi connectivity index (χ2v) is 11.9. The number of likely N-dealkylation sites (tertiary alicyclic amines) is 1. The Kier molecular flexibility index (Phi) is 8.08. The maximum atomic E-state index is 14.1. The fourth-order valence-electron chi connectivity index (χ4n) is 6.53. The van der Waals surface area contributed by atoms with Crippen LogP contribution in [-0.4, -0.2) is 72.1 Å². The molecule has 0 bridgehead atoms. The van der Waals surface area contributed by atoms with E-state index in [1.54, 1.807) is 19.1 Å². The molecule has 3 atom stereocenters. The highest BCUT2D eigenvalue weighted by molar-refractivity contribution is 6.03. The van der Waals surface area contributed by atoms with Crippen LogP contribution in [0.3, 0.4) is 0 Å². The molecular weight excluding hydrogens is 504 g/mol. The highest BCUT2D eigenvalue weighted by atomic mass is 16.5. The SMILES string of the molecule is COc1cccc(CN2C(=O)c3cc4ccc(OC)cc4n3C[C@]2(C)C(=O)NCCCN2C[C@H](C)C[C@H](C)C2)c1. The molecule has 214 valence electrons. The van der Waals surface area contributed by atoms with Crippen molar-refractivity contribution < 1.29 is 19.1 Å². The number of methoxy groups -OCH3 is 2. The van der Waals surface area contributed by atoms with Gasteiger partial charge in [-0.15, -0.1) is 0 Å². The number of hydrogen-bond acceptors (Lipinski definition) is 5. The molecule has 2 aliphatic heterocycles. The number of hydrogen-bond donors (Lipinski definition) is 1. The van der Waals surface area contributed by atoms with Crippen molar-refractivity contribution in [3.8, 4) is 11.5 Å². The number of amides is 2. The van der Waals surface area contributed by atoms with Crippen LogP contribution in [0.5, 0.6) is 11.5 Å². The van der Waals surface area contributed by atoms with Gasteiger partial charge in [0.25, 0.3) is 5.91 Å². The Morgan fingerprint density at radius 3 is 2.48 bits per heavy atom. The monoisotopic (exact) mass is 546 g/mol. The summed E-state index contributed by atoms with van der Waals surface area (Å²) in [5, 5.41) is 4.13. The number of ether oxygens (including phenoxy) is 2. The van der Waals surface area contributed by atoms with Gasteiger partial charge in [-0.05, 0) is 74.0 Å². The van der Waals surface area contributed by atoms with Gasteiger partial charge in [-0.1, -0.05) is 26.0 Å². The minimum Gasteiger partial charge on any atom is -0.497 e. The molecule has 3 heterocycles. The summed E-state index contributed by atoms with van der Waals surface area (Å²) in [6.07, 6.45) is 2.16. The minimum atomic E-state index is -1.09. The van der Waals surface area contributed by atoms with Crippen LogP contribution in [0.4, 0.5) is 0 Å². The van der Waals surface area contributed by atoms with Gasteiger partial charge >= 0.3 is 0 Å². The third-order valence-corrected chi connectivity index (χ3v) is 8.48. The number of rotatable bonds is 9. The molecule has 0 aliphatic carbocycles. The van der Waals surface area contributed by atoms with Gasteiger partial charge in [0.1, 0.15) is 22.7 Å². The van der Waals surface area contributed by atoms with Crippen LogP contribution in [0.1, 0.15) is 49.7 Å². The van der Waals surface area contributed by atoms with E-state index in [4.69, 9.17) is 9.47 Å². The molecule has 0 spiro atoms. The van der Waals surface area contributed by atoms with Gasteiger partial charge in [0, 0.05) is 37.6 Å². The number of aromatic nitrogens is 1. The first kappa shape index (κ1) is 28.0. The first-order valence-corrected chi connectivity index (χ1v) is 14.3. The predicted octanol–water partition coefficient (Wildman–Crippen LogP) is 4.56. The van der Waals surface area contributed by atoms with Crippen LogP contribution >= 0.6 is 0 Å². The summed E-state index contributed by atoms with van der Waals surface area (Å²) in [4.78, 5) is 32.3. The Balaban J connectivity index is 1.39. The van der Waals surface area contributed by atoms with E-state index in [2.05, 4.69) is 24.1 Å². The maximum Gasteiger partial charge on any atom is 0.271 e. The van der Waals surface area contributed by atoms with Crippen LogP contribution in [0.25, 0.3) is 10.9 Å². The van der Waals surface area contributed by atoms with E-state index in [0.29, 0.717) is 42.9 Å². The standard InChI is InChI=1S/C32H42N4O4/c1-22-14-23(2)19-34(18-22)13-7-12-33-31(38)32(3)21-35-28-17-27(40-5)11-10-25(28)16-29(35)30(37)36(32)20-24-8-6-9-26(15-24)39-4/h6,8-11,15-17,22-23H,7,12-14,18-21H2,1-5H3,(H,33,38)/t22-,23+,32-/m1/s1. The number of carbonyl (C=O) groups is 2. The molecule has 2 aliphatic rings. The lowest BCUT2D eigenvalue weighted by molar-refractivity contribution is -0.133. The van der Waals surface area contributed by atoms with Crippen molar-refractivity contribution in [3.63, 3.8) is 0 Å². The first-order valence-electron chi connectivity index (χ1n) is 14.3. The first-order chi connectivity index (χ1) is 19.2. The number of fused-ring (bicyclic) bond motifs is 3. The lowest BCUT2D eigenvalue weighted by atomic mass is 9.92. The van der Waals surface area contributed by atoms with Crippen LogP contribution in [-0.2, 0) is 17.9 Å². The molecule has 1 aromatic heterocycles. The number of carbonyl (C=O) groups excluding carboxylic acids is 2. The summed E-state index contributed by atoms with van der Waals surface area (Å²) in [5.41, 5.74) is 1.28. The topological polar surface area (TPSA) is 76.0 Å². The van der Waals surface area contributed by atoms with E-state index in [-0.39, 0.29) is 11.8 Å². The molecule has 5 rings (SSSR count). The Hall–Kier alpha value is -3.52. The molecule has 8 nitrogen and oxygen atoms in total. The van der Waals surface area contributed by atoms with Crippen LogP contribution in [0, 0.1) is 11.8 Å². The molecule has 1 fully saturated rings. The van der Waals surface area contributed by atoms with Gasteiger partial charge in [0.05, 0.1) is 26.3 Å². The zero-order valence-electron chi connectivity index (χ0n) is 24.4. The molecule has 1 saturated heterocycles. The van der Waals surface area contributed by atoms with Crippen molar-refractivity contribution in [1.82, 2.24) is 19.7 Å². The van der Waals surface area contributed by atoms with Gasteiger partial charge in [-0.25, -0.2) is 0 Å². The molecule has 0 saturated carbocycles. The molecule has 2 aromatic carbocycles. The molecule has 40 heavy (non-hydrogen) atoms. The number of nitrogens with zero attached hydrogens (tertiary/aromatic N) is 3.